The number of aromatic nitrogens is 3. The Balaban J connectivity index is 3.09. The van der Waals surface area contributed by atoms with Crippen LogP contribution in [0.2, 0.25) is 0 Å². The predicted molar refractivity (Wildman–Crippen MR) is 59.8 cm³/mol. The average Bonchev–Trinajstić information content (AvgIpc) is 2.61. The Morgan fingerprint density at radius 1 is 1.50 bits per heavy atom. The van der Waals surface area contributed by atoms with E-state index in [0.29, 0.717) is 19.0 Å². The molecule has 0 radical (unpaired) electrons. The number of methoxy groups -OCH3 is 1. The molecular weight excluding hydrogens is 230 g/mol. The molecule has 0 aliphatic carbocycles. The van der Waals surface area contributed by atoms with Crippen LogP contribution in [0.15, 0.2) is 6.33 Å². The smallest absolute Gasteiger partial charge is 0.159 e. The van der Waals surface area contributed by atoms with Crippen molar-refractivity contribution in [3.63, 3.8) is 0 Å². The van der Waals surface area contributed by atoms with E-state index in [1.807, 2.05) is 0 Å². The first kappa shape index (κ1) is 13.1. The SMILES string of the molecule is COCCn1cnnc1C(C)(C)S(C)(=O)=O. The number of nitrogens with zero attached hydrogens (tertiary/aromatic N) is 3. The van der Waals surface area contributed by atoms with Crippen LogP contribution in [0.4, 0.5) is 0 Å². The summed E-state index contributed by atoms with van der Waals surface area (Å²) >= 11 is 0. The molecule has 0 saturated carbocycles. The van der Waals surface area contributed by atoms with Crippen LogP contribution in [0, 0.1) is 0 Å². The molecule has 0 unspecified atom stereocenters. The Hall–Kier alpha value is -0.950. The van der Waals surface area contributed by atoms with Gasteiger partial charge in [-0.1, -0.05) is 0 Å². The summed E-state index contributed by atoms with van der Waals surface area (Å²) in [7, 11) is -1.65. The van der Waals surface area contributed by atoms with Crippen molar-refractivity contribution in [1.82, 2.24) is 14.8 Å². The van der Waals surface area contributed by atoms with Crippen molar-refractivity contribution in [1.29, 1.82) is 0 Å². The van der Waals surface area contributed by atoms with Crippen molar-refractivity contribution in [2.75, 3.05) is 20.0 Å². The standard InChI is InChI=1S/C9H17N3O3S/c1-9(2,16(4,13)14)8-11-10-7-12(8)5-6-15-3/h7H,5-6H2,1-4H3. The van der Waals surface area contributed by atoms with Crippen LogP contribution in [0.1, 0.15) is 19.7 Å². The number of hydrogen-bond donors (Lipinski definition) is 0. The molecule has 0 spiro atoms. The third-order valence-electron chi connectivity index (χ3n) is 2.62. The summed E-state index contributed by atoms with van der Waals surface area (Å²) in [6, 6.07) is 0. The molecule has 6 nitrogen and oxygen atoms in total. The third kappa shape index (κ3) is 2.41. The van der Waals surface area contributed by atoms with Gasteiger partial charge in [-0.05, 0) is 13.8 Å². The van der Waals surface area contributed by atoms with Gasteiger partial charge in [0.15, 0.2) is 15.7 Å². The van der Waals surface area contributed by atoms with Gasteiger partial charge >= 0.3 is 0 Å². The molecule has 0 fully saturated rings. The van der Waals surface area contributed by atoms with Gasteiger partial charge in [-0.15, -0.1) is 10.2 Å². The minimum Gasteiger partial charge on any atom is -0.383 e. The fraction of sp³-hybridized carbons (Fsp3) is 0.778. The van der Waals surface area contributed by atoms with Gasteiger partial charge in [0.1, 0.15) is 11.1 Å². The summed E-state index contributed by atoms with van der Waals surface area (Å²) in [5.41, 5.74) is 0. The van der Waals surface area contributed by atoms with Gasteiger partial charge in [-0.2, -0.15) is 0 Å². The number of sulfone groups is 1. The summed E-state index contributed by atoms with van der Waals surface area (Å²) in [6.07, 6.45) is 2.71. The Kier molecular flexibility index (Phi) is 3.69. The Morgan fingerprint density at radius 2 is 2.12 bits per heavy atom. The van der Waals surface area contributed by atoms with Gasteiger partial charge < -0.3 is 9.30 Å². The zero-order valence-corrected chi connectivity index (χ0v) is 10.8. The van der Waals surface area contributed by atoms with Crippen molar-refractivity contribution < 1.29 is 13.2 Å². The fourth-order valence-corrected chi connectivity index (χ4v) is 1.73. The minimum atomic E-state index is -3.24. The molecule has 92 valence electrons. The highest BCUT2D eigenvalue weighted by Gasteiger charge is 2.36. The van der Waals surface area contributed by atoms with Gasteiger partial charge in [-0.25, -0.2) is 8.42 Å². The predicted octanol–water partition coefficient (Wildman–Crippen LogP) is 0.204. The minimum absolute atomic E-state index is 0.437. The largest absolute Gasteiger partial charge is 0.383 e. The topological polar surface area (TPSA) is 74.1 Å². The van der Waals surface area contributed by atoms with Crippen LogP contribution in [0.5, 0.6) is 0 Å². The van der Waals surface area contributed by atoms with Crippen LogP contribution < -0.4 is 0 Å². The summed E-state index contributed by atoms with van der Waals surface area (Å²) in [5, 5.41) is 7.63. The van der Waals surface area contributed by atoms with E-state index in [2.05, 4.69) is 10.2 Å². The van der Waals surface area contributed by atoms with Crippen molar-refractivity contribution >= 4 is 9.84 Å². The maximum absolute atomic E-state index is 11.7. The lowest BCUT2D eigenvalue weighted by molar-refractivity contribution is 0.185. The normalized spacial score (nSPS) is 13.0. The zero-order chi connectivity index (χ0) is 12.4. The summed E-state index contributed by atoms with van der Waals surface area (Å²) in [5.74, 6) is 0.437. The Bertz CT molecular complexity index is 450. The van der Waals surface area contributed by atoms with E-state index in [9.17, 15) is 8.42 Å². The van der Waals surface area contributed by atoms with E-state index in [4.69, 9.17) is 4.74 Å². The van der Waals surface area contributed by atoms with Crippen LogP contribution >= 0.6 is 0 Å². The molecule has 1 heterocycles. The maximum atomic E-state index is 11.7. The van der Waals surface area contributed by atoms with Gasteiger partial charge in [0.2, 0.25) is 0 Å². The van der Waals surface area contributed by atoms with E-state index >= 15 is 0 Å². The highest BCUT2D eigenvalue weighted by atomic mass is 32.2. The first-order valence-electron chi connectivity index (χ1n) is 4.87. The molecule has 0 aromatic carbocycles. The molecule has 0 saturated heterocycles. The summed E-state index contributed by atoms with van der Waals surface area (Å²) in [6.45, 7) is 4.27. The summed E-state index contributed by atoms with van der Waals surface area (Å²) < 4.78 is 28.9. The molecule has 0 aliphatic heterocycles. The first-order valence-corrected chi connectivity index (χ1v) is 6.76. The molecule has 7 heteroatoms. The van der Waals surface area contributed by atoms with Gasteiger partial charge in [-0.3, -0.25) is 0 Å². The van der Waals surface area contributed by atoms with Crippen molar-refractivity contribution in [2.24, 2.45) is 0 Å². The molecule has 1 rings (SSSR count). The van der Waals surface area contributed by atoms with Crippen LogP contribution in [-0.2, 0) is 25.9 Å². The Labute approximate surface area is 95.6 Å². The highest BCUT2D eigenvalue weighted by molar-refractivity contribution is 7.91. The second-order valence-corrected chi connectivity index (χ2v) is 6.69. The number of ether oxygens (including phenoxy) is 1. The van der Waals surface area contributed by atoms with Crippen molar-refractivity contribution in [3.05, 3.63) is 12.2 Å². The van der Waals surface area contributed by atoms with Gasteiger partial charge in [0.25, 0.3) is 0 Å². The fourth-order valence-electron chi connectivity index (χ4n) is 1.24. The Morgan fingerprint density at radius 3 is 2.62 bits per heavy atom. The molecule has 0 amide bonds. The van der Waals surface area contributed by atoms with E-state index in [1.54, 1.807) is 25.5 Å². The lowest BCUT2D eigenvalue weighted by Gasteiger charge is -2.22. The van der Waals surface area contributed by atoms with Crippen LogP contribution in [-0.4, -0.2) is 43.2 Å². The molecule has 0 N–H and O–H groups in total. The van der Waals surface area contributed by atoms with E-state index in [1.165, 1.54) is 12.6 Å². The molecule has 1 aromatic heterocycles. The molecule has 0 atom stereocenters. The van der Waals surface area contributed by atoms with Crippen LogP contribution in [0.3, 0.4) is 0 Å². The average molecular weight is 247 g/mol. The molecular formula is C9H17N3O3S. The number of hydrogen-bond acceptors (Lipinski definition) is 5. The first-order chi connectivity index (χ1) is 7.30. The molecule has 0 aliphatic rings. The monoisotopic (exact) mass is 247 g/mol. The highest BCUT2D eigenvalue weighted by Crippen LogP contribution is 2.26. The van der Waals surface area contributed by atoms with E-state index in [-0.39, 0.29) is 0 Å². The lowest BCUT2D eigenvalue weighted by Crippen LogP contribution is -2.32. The maximum Gasteiger partial charge on any atom is 0.159 e. The number of rotatable bonds is 5. The zero-order valence-electron chi connectivity index (χ0n) is 9.97. The molecule has 0 bridgehead atoms. The third-order valence-corrected chi connectivity index (χ3v) is 4.65. The second kappa shape index (κ2) is 4.50. The lowest BCUT2D eigenvalue weighted by atomic mass is 10.2. The van der Waals surface area contributed by atoms with Crippen LogP contribution in [0.25, 0.3) is 0 Å². The van der Waals surface area contributed by atoms with Gasteiger partial charge in [0, 0.05) is 19.9 Å². The molecule has 1 aromatic rings. The van der Waals surface area contributed by atoms with E-state index < -0.39 is 14.6 Å². The quantitative estimate of drug-likeness (QED) is 0.743. The van der Waals surface area contributed by atoms with Crippen molar-refractivity contribution in [3.8, 4) is 0 Å². The van der Waals surface area contributed by atoms with Gasteiger partial charge in [0.05, 0.1) is 6.61 Å². The summed E-state index contributed by atoms with van der Waals surface area (Å²) in [4.78, 5) is 0. The van der Waals surface area contributed by atoms with E-state index in [0.717, 1.165) is 0 Å². The molecule has 16 heavy (non-hydrogen) atoms. The second-order valence-electron chi connectivity index (χ2n) is 4.12. The van der Waals surface area contributed by atoms with Crippen molar-refractivity contribution in [2.45, 2.75) is 25.1 Å².